The van der Waals surface area contributed by atoms with Crippen molar-refractivity contribution >= 4 is 28.0 Å². The molecule has 2 aromatic carbocycles. The maximum Gasteiger partial charge on any atom is 0.253 e. The summed E-state index contributed by atoms with van der Waals surface area (Å²) in [6.45, 7) is 5.53. The fraction of sp³-hybridized carbons (Fsp3) is 0.269. The van der Waals surface area contributed by atoms with Crippen molar-refractivity contribution < 1.29 is 0 Å². The van der Waals surface area contributed by atoms with Crippen molar-refractivity contribution in [3.63, 3.8) is 0 Å². The highest BCUT2D eigenvalue weighted by atomic mass is 16.1. The Bertz CT molecular complexity index is 1520. The van der Waals surface area contributed by atoms with E-state index in [4.69, 9.17) is 0 Å². The molecule has 33 heavy (non-hydrogen) atoms. The average molecular weight is 439 g/mol. The van der Waals surface area contributed by atoms with Gasteiger partial charge in [-0.05, 0) is 49.7 Å². The minimum Gasteiger partial charge on any atom is -0.371 e. The molecule has 0 spiro atoms. The molecule has 2 aromatic heterocycles. The summed E-state index contributed by atoms with van der Waals surface area (Å²) in [5.41, 5.74) is 8.26. The van der Waals surface area contributed by atoms with Gasteiger partial charge >= 0.3 is 0 Å². The molecule has 4 aromatic rings. The zero-order valence-corrected chi connectivity index (χ0v) is 19.5. The van der Waals surface area contributed by atoms with Crippen molar-refractivity contribution in [1.29, 1.82) is 5.26 Å². The van der Waals surface area contributed by atoms with Crippen LogP contribution in [0, 0.1) is 25.2 Å². The largest absolute Gasteiger partial charge is 0.371 e. The molecule has 1 aliphatic rings. The summed E-state index contributed by atoms with van der Waals surface area (Å²) in [5.74, 6) is 0. The summed E-state index contributed by atoms with van der Waals surface area (Å²) in [6, 6.07) is 12.7. The second kappa shape index (κ2) is 7.52. The van der Waals surface area contributed by atoms with E-state index in [-0.39, 0.29) is 5.56 Å². The Balaban J connectivity index is 1.77. The number of likely N-dealkylation sites (N-methyl/N-ethyl adjacent to an activating group) is 1. The first kappa shape index (κ1) is 20.8. The molecule has 166 valence electrons. The molecule has 0 unspecified atom stereocenters. The van der Waals surface area contributed by atoms with Gasteiger partial charge in [0, 0.05) is 62.5 Å². The molecule has 0 saturated carbocycles. The number of aromatic nitrogens is 3. The Hall–Kier alpha value is -4.05. The summed E-state index contributed by atoms with van der Waals surface area (Å²) >= 11 is 0. The third-order valence-corrected chi connectivity index (χ3v) is 6.55. The van der Waals surface area contributed by atoms with Crippen LogP contribution in [0.15, 0.2) is 47.5 Å². The summed E-state index contributed by atoms with van der Waals surface area (Å²) in [7, 11) is 5.78. The third-order valence-electron chi connectivity index (χ3n) is 6.55. The van der Waals surface area contributed by atoms with E-state index in [0.717, 1.165) is 57.7 Å². The Labute approximate surface area is 192 Å². The van der Waals surface area contributed by atoms with E-state index >= 15 is 0 Å². The lowest BCUT2D eigenvalue weighted by Gasteiger charge is -2.38. The Morgan fingerprint density at radius 2 is 1.76 bits per heavy atom. The monoisotopic (exact) mass is 438 g/mol. The van der Waals surface area contributed by atoms with Crippen LogP contribution in [-0.4, -0.2) is 34.5 Å². The maximum atomic E-state index is 12.6. The standard InChI is InChI=1S/C26H26N6O/c1-16-8-22-21(10-17(2)26(33)31(22)5)23(9-16)32-7-6-29(3)24-12-20(18(13-27)11-25(24)32)19-14-28-30(4)15-19/h8-12,14-15H,6-7H2,1-5H3. The van der Waals surface area contributed by atoms with Crippen LogP contribution in [0.2, 0.25) is 0 Å². The molecule has 7 nitrogen and oxygen atoms in total. The smallest absolute Gasteiger partial charge is 0.253 e. The van der Waals surface area contributed by atoms with E-state index < -0.39 is 0 Å². The second-order valence-electron chi connectivity index (χ2n) is 8.88. The Morgan fingerprint density at radius 1 is 0.970 bits per heavy atom. The summed E-state index contributed by atoms with van der Waals surface area (Å²) in [4.78, 5) is 17.1. The summed E-state index contributed by atoms with van der Waals surface area (Å²) < 4.78 is 3.47. The first-order valence-corrected chi connectivity index (χ1v) is 11.0. The molecule has 0 fully saturated rings. The van der Waals surface area contributed by atoms with Crippen molar-refractivity contribution in [2.24, 2.45) is 14.1 Å². The fourth-order valence-electron chi connectivity index (χ4n) is 4.79. The van der Waals surface area contributed by atoms with E-state index in [1.165, 1.54) is 0 Å². The van der Waals surface area contributed by atoms with Crippen LogP contribution in [0.1, 0.15) is 16.7 Å². The van der Waals surface area contributed by atoms with E-state index in [2.05, 4.69) is 53.1 Å². The Kier molecular flexibility index (Phi) is 4.75. The van der Waals surface area contributed by atoms with Crippen molar-refractivity contribution in [2.45, 2.75) is 13.8 Å². The molecule has 5 rings (SSSR count). The lowest BCUT2D eigenvalue weighted by molar-refractivity contribution is 0.768. The number of anilines is 3. The van der Waals surface area contributed by atoms with Crippen LogP contribution in [0.25, 0.3) is 22.0 Å². The van der Waals surface area contributed by atoms with Crippen LogP contribution in [0.3, 0.4) is 0 Å². The number of nitrogens with zero attached hydrogens (tertiary/aromatic N) is 6. The molecule has 0 amide bonds. The van der Waals surface area contributed by atoms with Gasteiger partial charge in [-0.15, -0.1) is 0 Å². The number of hydrogen-bond acceptors (Lipinski definition) is 5. The quantitative estimate of drug-likeness (QED) is 0.473. The third kappa shape index (κ3) is 3.26. The lowest BCUT2D eigenvalue weighted by Crippen LogP contribution is -2.37. The molecule has 0 atom stereocenters. The molecule has 0 bridgehead atoms. The molecule has 7 heteroatoms. The highest BCUT2D eigenvalue weighted by molar-refractivity contribution is 5.98. The molecule has 1 aliphatic heterocycles. The normalized spacial score (nSPS) is 13.3. The maximum absolute atomic E-state index is 12.6. The van der Waals surface area contributed by atoms with Gasteiger partial charge in [0.25, 0.3) is 5.56 Å². The number of rotatable bonds is 2. The van der Waals surface area contributed by atoms with Crippen LogP contribution >= 0.6 is 0 Å². The highest BCUT2D eigenvalue weighted by Gasteiger charge is 2.26. The van der Waals surface area contributed by atoms with Crippen LogP contribution in [-0.2, 0) is 14.1 Å². The lowest BCUT2D eigenvalue weighted by atomic mass is 9.98. The number of nitriles is 1. The Morgan fingerprint density at radius 3 is 2.45 bits per heavy atom. The number of hydrogen-bond donors (Lipinski definition) is 0. The predicted molar refractivity (Wildman–Crippen MR) is 132 cm³/mol. The van der Waals surface area contributed by atoms with Crippen LogP contribution in [0.5, 0.6) is 0 Å². The summed E-state index contributed by atoms with van der Waals surface area (Å²) in [5, 5.41) is 15.3. The SMILES string of the molecule is Cc1cc(N2CCN(C)c3cc(-c4cnn(C)c4)c(C#N)cc32)c2cc(C)c(=O)n(C)c2c1. The topological polar surface area (TPSA) is 70.1 Å². The second-order valence-corrected chi connectivity index (χ2v) is 8.88. The fourth-order valence-corrected chi connectivity index (χ4v) is 4.79. The minimum atomic E-state index is 0.0192. The molecule has 0 radical (unpaired) electrons. The van der Waals surface area contributed by atoms with E-state index in [1.807, 2.05) is 39.3 Å². The van der Waals surface area contributed by atoms with Gasteiger partial charge in [-0.1, -0.05) is 0 Å². The minimum absolute atomic E-state index is 0.0192. The molecular weight excluding hydrogens is 412 g/mol. The van der Waals surface area contributed by atoms with Gasteiger partial charge in [-0.2, -0.15) is 10.4 Å². The molecule has 0 saturated heterocycles. The van der Waals surface area contributed by atoms with E-state index in [9.17, 15) is 10.1 Å². The zero-order valence-electron chi connectivity index (χ0n) is 19.5. The first-order valence-electron chi connectivity index (χ1n) is 11.0. The van der Waals surface area contributed by atoms with Crippen LogP contribution in [0.4, 0.5) is 17.1 Å². The number of aryl methyl sites for hydroxylation is 4. The van der Waals surface area contributed by atoms with Crippen molar-refractivity contribution in [1.82, 2.24) is 14.3 Å². The van der Waals surface area contributed by atoms with E-state index in [1.54, 1.807) is 15.4 Å². The van der Waals surface area contributed by atoms with Gasteiger partial charge < -0.3 is 14.4 Å². The molecule has 0 aliphatic carbocycles. The van der Waals surface area contributed by atoms with Gasteiger partial charge in [0.05, 0.1) is 40.4 Å². The van der Waals surface area contributed by atoms with Crippen molar-refractivity contribution in [2.75, 3.05) is 29.9 Å². The van der Waals surface area contributed by atoms with Crippen molar-refractivity contribution in [3.05, 3.63) is 69.8 Å². The van der Waals surface area contributed by atoms with Crippen molar-refractivity contribution in [3.8, 4) is 17.2 Å². The number of pyridine rings is 1. The molecule has 3 heterocycles. The molecular formula is C26H26N6O. The summed E-state index contributed by atoms with van der Waals surface area (Å²) in [6.07, 6.45) is 3.72. The van der Waals surface area contributed by atoms with Gasteiger partial charge in [0.2, 0.25) is 0 Å². The van der Waals surface area contributed by atoms with Crippen LogP contribution < -0.4 is 15.4 Å². The van der Waals surface area contributed by atoms with Gasteiger partial charge in [-0.3, -0.25) is 9.48 Å². The first-order chi connectivity index (χ1) is 15.8. The van der Waals surface area contributed by atoms with Gasteiger partial charge in [0.1, 0.15) is 0 Å². The van der Waals surface area contributed by atoms with Gasteiger partial charge in [-0.25, -0.2) is 0 Å². The number of benzene rings is 2. The van der Waals surface area contributed by atoms with Gasteiger partial charge in [0.15, 0.2) is 0 Å². The predicted octanol–water partition coefficient (Wildman–Crippen LogP) is 4.02. The van der Waals surface area contributed by atoms with E-state index in [0.29, 0.717) is 11.1 Å². The number of fused-ring (bicyclic) bond motifs is 2. The zero-order chi connectivity index (χ0) is 23.4. The highest BCUT2D eigenvalue weighted by Crippen LogP contribution is 2.43. The average Bonchev–Trinajstić information content (AvgIpc) is 3.23. The molecule has 0 N–H and O–H groups in total.